The molecular formula is C10H11FN2O. The van der Waals surface area contributed by atoms with E-state index >= 15 is 0 Å². The number of rotatable bonds is 2. The number of nitriles is 1. The summed E-state index contributed by atoms with van der Waals surface area (Å²) in [7, 11) is 1.48. The summed E-state index contributed by atoms with van der Waals surface area (Å²) in [4.78, 5) is 0. The molecule has 0 heterocycles. The highest BCUT2D eigenvalue weighted by Gasteiger charge is 2.14. The van der Waals surface area contributed by atoms with Gasteiger partial charge in [-0.1, -0.05) is 0 Å². The van der Waals surface area contributed by atoms with Crippen molar-refractivity contribution in [2.24, 2.45) is 5.73 Å². The maximum atomic E-state index is 13.5. The molecule has 0 amide bonds. The van der Waals surface area contributed by atoms with E-state index in [0.29, 0.717) is 11.3 Å². The summed E-state index contributed by atoms with van der Waals surface area (Å²) in [6.45, 7) is 1.60. The molecule has 0 aliphatic carbocycles. The Morgan fingerprint density at radius 1 is 1.57 bits per heavy atom. The second-order valence-corrected chi connectivity index (χ2v) is 2.95. The average molecular weight is 194 g/mol. The molecule has 14 heavy (non-hydrogen) atoms. The van der Waals surface area contributed by atoms with Crippen LogP contribution in [0.5, 0.6) is 5.75 Å². The van der Waals surface area contributed by atoms with Crippen LogP contribution in [-0.4, -0.2) is 7.11 Å². The predicted octanol–water partition coefficient (Wildman–Crippen LogP) is 1.67. The molecule has 0 saturated heterocycles. The van der Waals surface area contributed by atoms with Crippen molar-refractivity contribution in [1.82, 2.24) is 0 Å². The molecule has 0 aliphatic rings. The Morgan fingerprint density at radius 2 is 2.21 bits per heavy atom. The van der Waals surface area contributed by atoms with Gasteiger partial charge in [0.1, 0.15) is 17.6 Å². The van der Waals surface area contributed by atoms with Crippen LogP contribution in [0.2, 0.25) is 0 Å². The third kappa shape index (κ3) is 1.83. The first-order chi connectivity index (χ1) is 6.60. The quantitative estimate of drug-likeness (QED) is 0.778. The van der Waals surface area contributed by atoms with Gasteiger partial charge < -0.3 is 10.5 Å². The van der Waals surface area contributed by atoms with Gasteiger partial charge in [-0.05, 0) is 24.6 Å². The van der Waals surface area contributed by atoms with Crippen LogP contribution in [0.3, 0.4) is 0 Å². The minimum Gasteiger partial charge on any atom is -0.497 e. The number of hydrogen-bond donors (Lipinski definition) is 1. The van der Waals surface area contributed by atoms with Gasteiger partial charge in [0, 0.05) is 5.56 Å². The first kappa shape index (κ1) is 10.5. The summed E-state index contributed by atoms with van der Waals surface area (Å²) >= 11 is 0. The summed E-state index contributed by atoms with van der Waals surface area (Å²) in [5.74, 6) is 0.0597. The average Bonchev–Trinajstić information content (AvgIpc) is 2.20. The summed E-state index contributed by atoms with van der Waals surface area (Å²) in [5, 5.41) is 8.58. The van der Waals surface area contributed by atoms with E-state index in [9.17, 15) is 4.39 Å². The van der Waals surface area contributed by atoms with Crippen LogP contribution in [0.15, 0.2) is 12.1 Å². The van der Waals surface area contributed by atoms with Crippen molar-refractivity contribution >= 4 is 0 Å². The molecule has 3 nitrogen and oxygen atoms in total. The largest absolute Gasteiger partial charge is 0.497 e. The highest BCUT2D eigenvalue weighted by Crippen LogP contribution is 2.24. The van der Waals surface area contributed by atoms with Crippen molar-refractivity contribution in [3.8, 4) is 11.8 Å². The van der Waals surface area contributed by atoms with Gasteiger partial charge >= 0.3 is 0 Å². The van der Waals surface area contributed by atoms with Crippen molar-refractivity contribution in [2.75, 3.05) is 7.11 Å². The number of halogens is 1. The van der Waals surface area contributed by atoms with Crippen LogP contribution in [0.25, 0.3) is 0 Å². The van der Waals surface area contributed by atoms with Crippen LogP contribution < -0.4 is 10.5 Å². The van der Waals surface area contributed by atoms with Crippen LogP contribution >= 0.6 is 0 Å². The van der Waals surface area contributed by atoms with Crippen molar-refractivity contribution < 1.29 is 9.13 Å². The standard InChI is InChI=1S/C10H11FN2O/c1-6-3-7(14-2)4-8(10(6)11)9(13)5-12/h3-4,9H,13H2,1-2H3. The zero-order valence-corrected chi connectivity index (χ0v) is 8.04. The summed E-state index contributed by atoms with van der Waals surface area (Å²) in [6.07, 6.45) is 0. The fourth-order valence-corrected chi connectivity index (χ4v) is 1.18. The lowest BCUT2D eigenvalue weighted by atomic mass is 10.0. The van der Waals surface area contributed by atoms with Gasteiger partial charge in [-0.25, -0.2) is 4.39 Å². The number of ether oxygens (including phenoxy) is 1. The summed E-state index contributed by atoms with van der Waals surface area (Å²) in [5.41, 5.74) is 6.02. The Bertz CT molecular complexity index is 384. The number of hydrogen-bond acceptors (Lipinski definition) is 3. The molecule has 1 unspecified atom stereocenters. The molecule has 0 aliphatic heterocycles. The Hall–Kier alpha value is -1.60. The minimum atomic E-state index is -0.955. The smallest absolute Gasteiger partial charge is 0.132 e. The van der Waals surface area contributed by atoms with Gasteiger partial charge in [-0.15, -0.1) is 0 Å². The lowest BCUT2D eigenvalue weighted by molar-refractivity contribution is 0.412. The van der Waals surface area contributed by atoms with Crippen molar-refractivity contribution in [3.63, 3.8) is 0 Å². The first-order valence-electron chi connectivity index (χ1n) is 4.09. The van der Waals surface area contributed by atoms with Crippen molar-refractivity contribution in [2.45, 2.75) is 13.0 Å². The second-order valence-electron chi connectivity index (χ2n) is 2.95. The normalized spacial score (nSPS) is 11.9. The van der Waals surface area contributed by atoms with Gasteiger partial charge in [0.05, 0.1) is 13.2 Å². The lowest BCUT2D eigenvalue weighted by Gasteiger charge is -2.09. The summed E-state index contributed by atoms with van der Waals surface area (Å²) in [6, 6.07) is 3.83. The molecule has 2 N–H and O–H groups in total. The van der Waals surface area contributed by atoms with Crippen LogP contribution in [0, 0.1) is 24.1 Å². The molecule has 4 heteroatoms. The van der Waals surface area contributed by atoms with E-state index < -0.39 is 11.9 Å². The number of nitrogens with two attached hydrogens (primary N) is 1. The van der Waals surface area contributed by atoms with E-state index in [1.807, 2.05) is 0 Å². The lowest BCUT2D eigenvalue weighted by Crippen LogP contribution is -2.10. The SMILES string of the molecule is COc1cc(C)c(F)c(C(N)C#N)c1. The van der Waals surface area contributed by atoms with E-state index in [2.05, 4.69) is 0 Å². The zero-order chi connectivity index (χ0) is 10.7. The Morgan fingerprint density at radius 3 is 2.71 bits per heavy atom. The van der Waals surface area contributed by atoms with Gasteiger partial charge in [-0.2, -0.15) is 5.26 Å². The second kappa shape index (κ2) is 4.07. The van der Waals surface area contributed by atoms with Gasteiger partial charge in [0.2, 0.25) is 0 Å². The highest BCUT2D eigenvalue weighted by molar-refractivity contribution is 5.38. The molecular weight excluding hydrogens is 183 g/mol. The Labute approximate surface area is 81.9 Å². The monoisotopic (exact) mass is 194 g/mol. The van der Waals surface area contributed by atoms with Gasteiger partial charge in [0.15, 0.2) is 0 Å². The third-order valence-corrected chi connectivity index (χ3v) is 1.97. The molecule has 0 bridgehead atoms. The van der Waals surface area contributed by atoms with Crippen LogP contribution in [0.1, 0.15) is 17.2 Å². The molecule has 0 fully saturated rings. The van der Waals surface area contributed by atoms with Crippen molar-refractivity contribution in [1.29, 1.82) is 5.26 Å². The van der Waals surface area contributed by atoms with E-state index in [1.54, 1.807) is 19.1 Å². The van der Waals surface area contributed by atoms with Gasteiger partial charge in [0.25, 0.3) is 0 Å². The number of aryl methyl sites for hydroxylation is 1. The first-order valence-corrected chi connectivity index (χ1v) is 4.09. The number of methoxy groups -OCH3 is 1. The van der Waals surface area contributed by atoms with E-state index in [4.69, 9.17) is 15.7 Å². The zero-order valence-electron chi connectivity index (χ0n) is 8.04. The fraction of sp³-hybridized carbons (Fsp3) is 0.300. The molecule has 0 aromatic heterocycles. The third-order valence-electron chi connectivity index (χ3n) is 1.97. The molecule has 1 atom stereocenters. The topological polar surface area (TPSA) is 59.0 Å². The molecule has 1 aromatic carbocycles. The number of benzene rings is 1. The number of nitrogens with zero attached hydrogens (tertiary/aromatic N) is 1. The maximum Gasteiger partial charge on any atom is 0.132 e. The minimum absolute atomic E-state index is 0.171. The maximum absolute atomic E-state index is 13.5. The van der Waals surface area contributed by atoms with E-state index in [1.165, 1.54) is 13.2 Å². The van der Waals surface area contributed by atoms with Crippen molar-refractivity contribution in [3.05, 3.63) is 29.1 Å². The van der Waals surface area contributed by atoms with Gasteiger partial charge in [-0.3, -0.25) is 0 Å². The Kier molecular flexibility index (Phi) is 3.05. The molecule has 0 radical (unpaired) electrons. The molecule has 0 saturated carbocycles. The molecule has 74 valence electrons. The Balaban J connectivity index is 3.28. The van der Waals surface area contributed by atoms with Crippen LogP contribution in [-0.2, 0) is 0 Å². The summed E-state index contributed by atoms with van der Waals surface area (Å²) < 4.78 is 18.4. The van der Waals surface area contributed by atoms with Crippen LogP contribution in [0.4, 0.5) is 4.39 Å². The molecule has 1 aromatic rings. The van der Waals surface area contributed by atoms with E-state index in [0.717, 1.165) is 0 Å². The molecule has 1 rings (SSSR count). The van der Waals surface area contributed by atoms with E-state index in [-0.39, 0.29) is 5.56 Å². The predicted molar refractivity (Wildman–Crippen MR) is 50.2 cm³/mol. The highest BCUT2D eigenvalue weighted by atomic mass is 19.1. The fourth-order valence-electron chi connectivity index (χ4n) is 1.18. The molecule has 0 spiro atoms.